The Labute approximate surface area is 170 Å². The summed E-state index contributed by atoms with van der Waals surface area (Å²) in [7, 11) is 0. The van der Waals surface area contributed by atoms with E-state index in [9.17, 15) is 14.9 Å². The van der Waals surface area contributed by atoms with E-state index in [-0.39, 0.29) is 11.2 Å². The second kappa shape index (κ2) is 8.24. The predicted octanol–water partition coefficient (Wildman–Crippen LogP) is 4.50. The Morgan fingerprint density at radius 1 is 1.10 bits per heavy atom. The molecule has 2 aromatic carbocycles. The molecule has 4 aromatic rings. The number of para-hydroxylation sites is 1. The number of thiophene rings is 1. The highest BCUT2D eigenvalue weighted by molar-refractivity contribution is 7.17. The molecule has 2 aromatic heterocycles. The van der Waals surface area contributed by atoms with E-state index in [2.05, 4.69) is 4.98 Å². The maximum atomic E-state index is 13.0. The van der Waals surface area contributed by atoms with Crippen LogP contribution >= 0.6 is 11.3 Å². The number of nitro groups is 1. The maximum absolute atomic E-state index is 13.0. The topological polar surface area (TPSA) is 87.3 Å². The first-order chi connectivity index (χ1) is 14.1. The van der Waals surface area contributed by atoms with Gasteiger partial charge in [-0.25, -0.2) is 4.98 Å². The van der Waals surface area contributed by atoms with Gasteiger partial charge < -0.3 is 4.74 Å². The number of hydrogen-bond donors (Lipinski definition) is 0. The number of aromatic nitrogens is 2. The lowest BCUT2D eigenvalue weighted by molar-refractivity contribution is -0.384. The smallest absolute Gasteiger partial charge is 0.269 e. The van der Waals surface area contributed by atoms with Gasteiger partial charge in [-0.15, -0.1) is 11.3 Å². The van der Waals surface area contributed by atoms with Crippen LogP contribution in [0, 0.1) is 10.1 Å². The molecular weight excluding hydrogens is 390 g/mol. The molecule has 0 amide bonds. The van der Waals surface area contributed by atoms with Gasteiger partial charge in [0.05, 0.1) is 23.2 Å². The van der Waals surface area contributed by atoms with Crippen molar-refractivity contribution < 1.29 is 9.66 Å². The van der Waals surface area contributed by atoms with E-state index in [0.717, 1.165) is 16.9 Å². The number of fused-ring (bicyclic) bond motifs is 1. The second-order valence-corrected chi connectivity index (χ2v) is 7.25. The Hall–Kier alpha value is -3.52. The summed E-state index contributed by atoms with van der Waals surface area (Å²) in [6.45, 7) is 0.984. The Bertz CT molecular complexity index is 1200. The minimum Gasteiger partial charge on any atom is -0.494 e. The fourth-order valence-corrected chi connectivity index (χ4v) is 3.95. The van der Waals surface area contributed by atoms with Crippen molar-refractivity contribution in [3.05, 3.63) is 86.8 Å². The van der Waals surface area contributed by atoms with Crippen molar-refractivity contribution in [2.24, 2.45) is 0 Å². The fraction of sp³-hybridized carbons (Fsp3) is 0.143. The van der Waals surface area contributed by atoms with Crippen LogP contribution in [-0.2, 0) is 6.54 Å². The van der Waals surface area contributed by atoms with E-state index >= 15 is 0 Å². The highest BCUT2D eigenvalue weighted by atomic mass is 32.1. The minimum atomic E-state index is -0.443. The first kappa shape index (κ1) is 18.8. The van der Waals surface area contributed by atoms with Gasteiger partial charge in [0.2, 0.25) is 0 Å². The Balaban J connectivity index is 1.54. The van der Waals surface area contributed by atoms with Crippen molar-refractivity contribution in [2.45, 2.75) is 13.0 Å². The molecule has 0 bridgehead atoms. The molecular formula is C21H17N3O4S. The summed E-state index contributed by atoms with van der Waals surface area (Å²) in [5.74, 6) is 0.798. The molecule has 0 fully saturated rings. The van der Waals surface area contributed by atoms with Crippen molar-refractivity contribution in [1.82, 2.24) is 9.55 Å². The largest absolute Gasteiger partial charge is 0.494 e. The van der Waals surface area contributed by atoms with Crippen molar-refractivity contribution in [3.63, 3.8) is 0 Å². The molecule has 29 heavy (non-hydrogen) atoms. The summed E-state index contributed by atoms with van der Waals surface area (Å²) in [4.78, 5) is 28.5. The molecule has 0 aliphatic carbocycles. The predicted molar refractivity (Wildman–Crippen MR) is 113 cm³/mol. The molecule has 2 heterocycles. The number of nitrogens with zero attached hydrogens (tertiary/aromatic N) is 3. The van der Waals surface area contributed by atoms with Gasteiger partial charge in [0.1, 0.15) is 10.6 Å². The van der Waals surface area contributed by atoms with E-state index in [1.54, 1.807) is 23.0 Å². The van der Waals surface area contributed by atoms with E-state index in [0.29, 0.717) is 29.8 Å². The standard InChI is InChI=1S/C21H17N3O4S/c25-21-19-18(15-7-9-16(10-8-15)24(26)27)13-29-20(19)22-14-23(21)11-4-12-28-17-5-2-1-3-6-17/h1-3,5-10,13-14H,4,11-12H2. The number of benzene rings is 2. The van der Waals surface area contributed by atoms with Gasteiger partial charge in [-0.05, 0) is 36.2 Å². The molecule has 0 atom stereocenters. The van der Waals surface area contributed by atoms with E-state index in [4.69, 9.17) is 4.74 Å². The van der Waals surface area contributed by atoms with E-state index < -0.39 is 4.92 Å². The third-order valence-corrected chi connectivity index (χ3v) is 5.39. The minimum absolute atomic E-state index is 0.0160. The lowest BCUT2D eigenvalue weighted by Gasteiger charge is -2.08. The third kappa shape index (κ3) is 4.02. The van der Waals surface area contributed by atoms with Gasteiger partial charge in [0.25, 0.3) is 11.2 Å². The van der Waals surface area contributed by atoms with Crippen LogP contribution in [0.3, 0.4) is 0 Å². The van der Waals surface area contributed by atoms with Gasteiger partial charge >= 0.3 is 0 Å². The van der Waals surface area contributed by atoms with Crippen molar-refractivity contribution in [1.29, 1.82) is 0 Å². The number of hydrogen-bond acceptors (Lipinski definition) is 6. The number of rotatable bonds is 7. The average Bonchev–Trinajstić information content (AvgIpc) is 3.18. The zero-order valence-electron chi connectivity index (χ0n) is 15.4. The highest BCUT2D eigenvalue weighted by Gasteiger charge is 2.14. The Kier molecular flexibility index (Phi) is 5.35. The van der Waals surface area contributed by atoms with Gasteiger partial charge in [-0.1, -0.05) is 18.2 Å². The molecule has 0 saturated heterocycles. The number of nitro benzene ring substituents is 1. The van der Waals surface area contributed by atoms with Crippen LogP contribution in [0.2, 0.25) is 0 Å². The highest BCUT2D eigenvalue weighted by Crippen LogP contribution is 2.31. The third-order valence-electron chi connectivity index (χ3n) is 4.51. The first-order valence-corrected chi connectivity index (χ1v) is 9.91. The normalized spacial score (nSPS) is 10.9. The molecule has 7 nitrogen and oxygen atoms in total. The van der Waals surface area contributed by atoms with Gasteiger partial charge in [0.15, 0.2) is 0 Å². The summed E-state index contributed by atoms with van der Waals surface area (Å²) in [6, 6.07) is 15.7. The zero-order chi connectivity index (χ0) is 20.2. The van der Waals surface area contributed by atoms with Crippen molar-refractivity contribution in [3.8, 4) is 16.9 Å². The lowest BCUT2D eigenvalue weighted by Crippen LogP contribution is -2.21. The monoisotopic (exact) mass is 407 g/mol. The number of non-ortho nitro benzene ring substituents is 1. The summed E-state index contributed by atoms with van der Waals surface area (Å²) < 4.78 is 7.26. The zero-order valence-corrected chi connectivity index (χ0v) is 16.2. The van der Waals surface area contributed by atoms with Gasteiger partial charge in [-0.3, -0.25) is 19.5 Å². The van der Waals surface area contributed by atoms with Crippen LogP contribution in [-0.4, -0.2) is 21.1 Å². The summed E-state index contributed by atoms with van der Waals surface area (Å²) in [5, 5.41) is 13.3. The molecule has 0 radical (unpaired) electrons. The Morgan fingerprint density at radius 3 is 2.59 bits per heavy atom. The Morgan fingerprint density at radius 2 is 1.86 bits per heavy atom. The number of aryl methyl sites for hydroxylation is 1. The molecule has 0 saturated carbocycles. The average molecular weight is 407 g/mol. The molecule has 0 unspecified atom stereocenters. The van der Waals surface area contributed by atoms with Crippen molar-refractivity contribution >= 4 is 27.2 Å². The summed E-state index contributed by atoms with van der Waals surface area (Å²) in [5.41, 5.74) is 1.39. The van der Waals surface area contributed by atoms with Crippen LogP contribution < -0.4 is 10.3 Å². The van der Waals surface area contributed by atoms with E-state index in [1.165, 1.54) is 23.5 Å². The van der Waals surface area contributed by atoms with Crippen molar-refractivity contribution in [2.75, 3.05) is 6.61 Å². The van der Waals surface area contributed by atoms with Crippen LogP contribution in [0.4, 0.5) is 5.69 Å². The molecule has 0 aliphatic heterocycles. The first-order valence-electron chi connectivity index (χ1n) is 9.03. The molecule has 0 spiro atoms. The molecule has 8 heteroatoms. The maximum Gasteiger partial charge on any atom is 0.269 e. The second-order valence-electron chi connectivity index (χ2n) is 6.39. The van der Waals surface area contributed by atoms with Crippen LogP contribution in [0.25, 0.3) is 21.3 Å². The van der Waals surface area contributed by atoms with E-state index in [1.807, 2.05) is 35.7 Å². The van der Waals surface area contributed by atoms with Gasteiger partial charge in [0, 0.05) is 29.6 Å². The summed E-state index contributed by atoms with van der Waals surface area (Å²) in [6.07, 6.45) is 2.22. The molecule has 0 N–H and O–H groups in total. The molecule has 0 aliphatic rings. The van der Waals surface area contributed by atoms with Crippen LogP contribution in [0.1, 0.15) is 6.42 Å². The quantitative estimate of drug-likeness (QED) is 0.256. The lowest BCUT2D eigenvalue weighted by atomic mass is 10.1. The molecule has 146 valence electrons. The fourth-order valence-electron chi connectivity index (χ4n) is 3.04. The summed E-state index contributed by atoms with van der Waals surface area (Å²) >= 11 is 1.38. The molecule has 4 rings (SSSR count). The number of ether oxygens (including phenoxy) is 1. The van der Waals surface area contributed by atoms with Crippen LogP contribution in [0.15, 0.2) is 71.1 Å². The van der Waals surface area contributed by atoms with Crippen LogP contribution in [0.5, 0.6) is 5.75 Å². The van der Waals surface area contributed by atoms with Gasteiger partial charge in [-0.2, -0.15) is 0 Å². The SMILES string of the molecule is O=c1c2c(-c3ccc([N+](=O)[O-])cc3)csc2ncn1CCCOc1ccccc1.